The Labute approximate surface area is 101 Å². The van der Waals surface area contributed by atoms with Gasteiger partial charge in [-0.05, 0) is 12.8 Å². The molecule has 0 saturated carbocycles. The number of rotatable bonds is 9. The van der Waals surface area contributed by atoms with E-state index < -0.39 is 28.1 Å². The van der Waals surface area contributed by atoms with Crippen molar-refractivity contribution >= 4 is 10.1 Å². The Balaban J connectivity index is 4.50. The molecule has 0 fully saturated rings. The van der Waals surface area contributed by atoms with Crippen molar-refractivity contribution in [2.75, 3.05) is 32.2 Å². The van der Waals surface area contributed by atoms with Crippen LogP contribution in [0.3, 0.4) is 0 Å². The van der Waals surface area contributed by atoms with Gasteiger partial charge in [-0.2, -0.15) is 0 Å². The fourth-order valence-electron chi connectivity index (χ4n) is 1.59. The lowest BCUT2D eigenvalue weighted by atomic mass is 9.96. The normalized spacial score (nSPS) is 13.3. The first-order valence-corrected chi connectivity index (χ1v) is 6.94. The van der Waals surface area contributed by atoms with Gasteiger partial charge in [-0.3, -0.25) is 4.90 Å². The number of aliphatic hydroxyl groups is 3. The minimum atomic E-state index is -4.28. The highest BCUT2D eigenvalue weighted by Gasteiger charge is 2.33. The SMILES string of the molecule is CCC(CO)(CO)N(CO)CCCS(=O)(=O)[O-]. The summed E-state index contributed by atoms with van der Waals surface area (Å²) in [5.74, 6) is -0.528. The maximum atomic E-state index is 10.4. The molecular weight excluding hydrogens is 250 g/mol. The Bertz CT molecular complexity index is 292. The van der Waals surface area contributed by atoms with Gasteiger partial charge in [-0.25, -0.2) is 8.42 Å². The van der Waals surface area contributed by atoms with Crippen molar-refractivity contribution in [1.82, 2.24) is 4.90 Å². The second-order valence-corrected chi connectivity index (χ2v) is 5.44. The average Bonchev–Trinajstić information content (AvgIpc) is 2.28. The van der Waals surface area contributed by atoms with Crippen molar-refractivity contribution in [1.29, 1.82) is 0 Å². The van der Waals surface area contributed by atoms with Gasteiger partial charge in [0.05, 0.1) is 35.6 Å². The van der Waals surface area contributed by atoms with Crippen LogP contribution in [0.25, 0.3) is 0 Å². The highest BCUT2D eigenvalue weighted by Crippen LogP contribution is 2.18. The molecule has 0 aliphatic heterocycles. The zero-order valence-electron chi connectivity index (χ0n) is 9.87. The molecule has 0 aliphatic carbocycles. The predicted molar refractivity (Wildman–Crippen MR) is 60.2 cm³/mol. The molecule has 104 valence electrons. The quantitative estimate of drug-likeness (QED) is 0.337. The second kappa shape index (κ2) is 7.24. The first-order valence-electron chi connectivity index (χ1n) is 5.36. The van der Waals surface area contributed by atoms with Crippen LogP contribution in [-0.2, 0) is 10.1 Å². The largest absolute Gasteiger partial charge is 0.748 e. The molecule has 7 nitrogen and oxygen atoms in total. The monoisotopic (exact) mass is 270 g/mol. The molecule has 0 saturated heterocycles. The minimum absolute atomic E-state index is 0.0497. The summed E-state index contributed by atoms with van der Waals surface area (Å²) in [6.45, 7) is 0.718. The van der Waals surface area contributed by atoms with Crippen LogP contribution in [0.4, 0.5) is 0 Å². The Morgan fingerprint density at radius 3 is 2.06 bits per heavy atom. The van der Waals surface area contributed by atoms with Crippen molar-refractivity contribution in [3.63, 3.8) is 0 Å². The Hall–Kier alpha value is -0.250. The Morgan fingerprint density at radius 1 is 1.24 bits per heavy atom. The Morgan fingerprint density at radius 2 is 1.76 bits per heavy atom. The highest BCUT2D eigenvalue weighted by atomic mass is 32.2. The topological polar surface area (TPSA) is 121 Å². The fraction of sp³-hybridized carbons (Fsp3) is 1.00. The second-order valence-electron chi connectivity index (χ2n) is 3.91. The summed E-state index contributed by atoms with van der Waals surface area (Å²) >= 11 is 0. The van der Waals surface area contributed by atoms with Crippen molar-refractivity contribution in [2.45, 2.75) is 25.3 Å². The van der Waals surface area contributed by atoms with E-state index in [9.17, 15) is 23.2 Å². The zero-order valence-corrected chi connectivity index (χ0v) is 10.7. The van der Waals surface area contributed by atoms with Crippen LogP contribution in [0.1, 0.15) is 19.8 Å². The van der Waals surface area contributed by atoms with Gasteiger partial charge in [0.1, 0.15) is 0 Å². The predicted octanol–water partition coefficient (Wildman–Crippen LogP) is -1.69. The maximum Gasteiger partial charge on any atom is 0.0962 e. The summed E-state index contributed by atoms with van der Waals surface area (Å²) in [6, 6.07) is 0. The van der Waals surface area contributed by atoms with Gasteiger partial charge in [0.15, 0.2) is 0 Å². The molecular formula is C9H20NO6S-. The zero-order chi connectivity index (χ0) is 13.5. The van der Waals surface area contributed by atoms with E-state index in [4.69, 9.17) is 5.11 Å². The van der Waals surface area contributed by atoms with E-state index in [1.54, 1.807) is 6.92 Å². The van der Waals surface area contributed by atoms with Gasteiger partial charge in [-0.15, -0.1) is 0 Å². The van der Waals surface area contributed by atoms with Gasteiger partial charge in [-0.1, -0.05) is 6.92 Å². The molecule has 0 radical (unpaired) electrons. The van der Waals surface area contributed by atoms with E-state index in [2.05, 4.69) is 0 Å². The summed E-state index contributed by atoms with van der Waals surface area (Å²) in [5.41, 5.74) is -0.985. The van der Waals surface area contributed by atoms with E-state index in [-0.39, 0.29) is 26.2 Å². The van der Waals surface area contributed by atoms with E-state index >= 15 is 0 Å². The molecule has 0 aliphatic rings. The number of aliphatic hydroxyl groups excluding tert-OH is 3. The molecule has 8 heteroatoms. The number of hydrogen-bond acceptors (Lipinski definition) is 7. The molecule has 17 heavy (non-hydrogen) atoms. The third kappa shape index (κ3) is 5.28. The van der Waals surface area contributed by atoms with E-state index in [1.807, 2.05) is 0 Å². The first kappa shape index (κ1) is 16.8. The smallest absolute Gasteiger partial charge is 0.0962 e. The van der Waals surface area contributed by atoms with Crippen LogP contribution >= 0.6 is 0 Å². The summed E-state index contributed by atoms with van der Waals surface area (Å²) in [7, 11) is -4.28. The summed E-state index contributed by atoms with van der Waals surface area (Å²) in [4.78, 5) is 1.37. The minimum Gasteiger partial charge on any atom is -0.748 e. The highest BCUT2D eigenvalue weighted by molar-refractivity contribution is 7.85. The molecule has 0 unspecified atom stereocenters. The third-order valence-corrected chi connectivity index (χ3v) is 3.70. The fourth-order valence-corrected chi connectivity index (χ4v) is 2.07. The molecule has 0 rings (SSSR count). The molecule has 0 aromatic heterocycles. The first-order chi connectivity index (χ1) is 7.85. The van der Waals surface area contributed by atoms with Crippen LogP contribution in [0.15, 0.2) is 0 Å². The average molecular weight is 270 g/mol. The van der Waals surface area contributed by atoms with Gasteiger partial charge in [0.2, 0.25) is 0 Å². The molecule has 0 heterocycles. The van der Waals surface area contributed by atoms with Crippen molar-refractivity contribution in [2.24, 2.45) is 0 Å². The van der Waals surface area contributed by atoms with Crippen molar-refractivity contribution in [3.8, 4) is 0 Å². The van der Waals surface area contributed by atoms with Crippen molar-refractivity contribution < 1.29 is 28.3 Å². The summed E-state index contributed by atoms with van der Waals surface area (Å²) in [5, 5.41) is 27.6. The van der Waals surface area contributed by atoms with Gasteiger partial charge in [0, 0.05) is 12.3 Å². The molecule has 0 amide bonds. The van der Waals surface area contributed by atoms with Crippen LogP contribution in [-0.4, -0.2) is 71.0 Å². The number of nitrogens with zero attached hydrogens (tertiary/aromatic N) is 1. The standard InChI is InChI=1S/C9H21NO6S/c1-2-9(6-11,7-12)10(8-13)4-3-5-17(14,15)16/h11-13H,2-8H2,1H3,(H,14,15,16)/p-1. The number of hydrogen-bond donors (Lipinski definition) is 3. The molecule has 0 bridgehead atoms. The molecule has 3 N–H and O–H groups in total. The van der Waals surface area contributed by atoms with Gasteiger partial charge in [0.25, 0.3) is 0 Å². The molecule has 0 spiro atoms. The summed E-state index contributed by atoms with van der Waals surface area (Å²) < 4.78 is 31.3. The van der Waals surface area contributed by atoms with Crippen LogP contribution in [0.5, 0.6) is 0 Å². The molecule has 0 aromatic carbocycles. The lowest BCUT2D eigenvalue weighted by molar-refractivity contribution is -0.0581. The lowest BCUT2D eigenvalue weighted by Gasteiger charge is -2.39. The van der Waals surface area contributed by atoms with Crippen molar-refractivity contribution in [3.05, 3.63) is 0 Å². The maximum absolute atomic E-state index is 10.4. The third-order valence-electron chi connectivity index (χ3n) is 2.91. The Kier molecular flexibility index (Phi) is 7.14. The lowest BCUT2D eigenvalue weighted by Crippen LogP contribution is -2.55. The summed E-state index contributed by atoms with van der Waals surface area (Å²) in [6.07, 6.45) is 0.443. The van der Waals surface area contributed by atoms with E-state index in [0.29, 0.717) is 6.42 Å². The van der Waals surface area contributed by atoms with Gasteiger partial charge >= 0.3 is 0 Å². The van der Waals surface area contributed by atoms with Crippen LogP contribution in [0, 0.1) is 0 Å². The molecule has 0 atom stereocenters. The van der Waals surface area contributed by atoms with Crippen LogP contribution < -0.4 is 0 Å². The van der Waals surface area contributed by atoms with E-state index in [1.165, 1.54) is 4.90 Å². The van der Waals surface area contributed by atoms with E-state index in [0.717, 1.165) is 0 Å². The molecule has 0 aromatic rings. The van der Waals surface area contributed by atoms with Gasteiger partial charge < -0.3 is 19.9 Å². The van der Waals surface area contributed by atoms with Crippen LogP contribution in [0.2, 0.25) is 0 Å².